The lowest BCUT2D eigenvalue weighted by Crippen LogP contribution is -2.48. The molecule has 5 heteroatoms. The van der Waals surface area contributed by atoms with Crippen LogP contribution in [0, 0.1) is 0 Å². The molecule has 2 amide bonds. The number of nitrogens with zero attached hydrogens (tertiary/aromatic N) is 1. The number of amides is 2. The van der Waals surface area contributed by atoms with E-state index in [-0.39, 0.29) is 11.8 Å². The summed E-state index contributed by atoms with van der Waals surface area (Å²) in [5.74, 6) is -0.132. The van der Waals surface area contributed by atoms with Crippen LogP contribution < -0.4 is 11.1 Å². The van der Waals surface area contributed by atoms with Crippen molar-refractivity contribution in [2.24, 2.45) is 5.73 Å². The highest BCUT2D eigenvalue weighted by Crippen LogP contribution is 2.29. The summed E-state index contributed by atoms with van der Waals surface area (Å²) in [6.45, 7) is 0.740. The Morgan fingerprint density at radius 2 is 2.05 bits per heavy atom. The molecular weight excluding hydrogens is 266 g/mol. The normalized spacial score (nSPS) is 20.3. The number of carbonyl (C=O) groups excluding carboxylic acids is 2. The molecule has 0 atom stereocenters. The molecule has 21 heavy (non-hydrogen) atoms. The molecule has 1 saturated carbocycles. The Bertz CT molecular complexity index is 591. The van der Waals surface area contributed by atoms with Gasteiger partial charge in [0, 0.05) is 24.8 Å². The lowest BCUT2D eigenvalue weighted by Gasteiger charge is -2.26. The van der Waals surface area contributed by atoms with Gasteiger partial charge in [0.15, 0.2) is 0 Å². The second-order valence-corrected chi connectivity index (χ2v) is 6.17. The van der Waals surface area contributed by atoms with Crippen LogP contribution >= 0.6 is 0 Å². The van der Waals surface area contributed by atoms with Gasteiger partial charge in [-0.25, -0.2) is 0 Å². The summed E-state index contributed by atoms with van der Waals surface area (Å²) in [5, 5.41) is 2.88. The molecule has 0 unspecified atom stereocenters. The average Bonchev–Trinajstić information content (AvgIpc) is 2.92. The van der Waals surface area contributed by atoms with Crippen LogP contribution in [0.25, 0.3) is 0 Å². The van der Waals surface area contributed by atoms with Crippen molar-refractivity contribution in [1.82, 2.24) is 4.90 Å². The predicted molar refractivity (Wildman–Crippen MR) is 81.1 cm³/mol. The summed E-state index contributed by atoms with van der Waals surface area (Å²) in [6, 6.07) is 5.55. The largest absolute Gasteiger partial charge is 0.341 e. The molecule has 112 valence electrons. The molecule has 0 radical (unpaired) electrons. The van der Waals surface area contributed by atoms with Gasteiger partial charge in [0.1, 0.15) is 0 Å². The summed E-state index contributed by atoms with van der Waals surface area (Å²) >= 11 is 0. The van der Waals surface area contributed by atoms with Gasteiger partial charge in [-0.05, 0) is 37.0 Å². The molecular formula is C16H21N3O2. The van der Waals surface area contributed by atoms with Crippen LogP contribution in [0.3, 0.4) is 0 Å². The second-order valence-electron chi connectivity index (χ2n) is 6.17. The zero-order chi connectivity index (χ0) is 15.0. The van der Waals surface area contributed by atoms with E-state index < -0.39 is 5.54 Å². The van der Waals surface area contributed by atoms with Gasteiger partial charge in [-0.2, -0.15) is 0 Å². The van der Waals surface area contributed by atoms with Gasteiger partial charge < -0.3 is 16.0 Å². The van der Waals surface area contributed by atoms with Gasteiger partial charge in [0.2, 0.25) is 5.91 Å². The molecule has 1 aromatic rings. The number of hydrogen-bond donors (Lipinski definition) is 2. The minimum atomic E-state index is -0.753. The summed E-state index contributed by atoms with van der Waals surface area (Å²) in [4.78, 5) is 26.2. The molecule has 0 bridgehead atoms. The van der Waals surface area contributed by atoms with Crippen molar-refractivity contribution in [1.29, 1.82) is 0 Å². The highest BCUT2D eigenvalue weighted by atomic mass is 16.2. The van der Waals surface area contributed by atoms with Crippen molar-refractivity contribution >= 4 is 17.5 Å². The lowest BCUT2D eigenvalue weighted by molar-refractivity contribution is -0.121. The van der Waals surface area contributed by atoms with E-state index in [1.165, 1.54) is 0 Å². The molecule has 1 aliphatic heterocycles. The standard InChI is InChI=1S/C16H21N3O2/c1-19-9-6-11-4-5-12(10-13(11)14(19)20)18-15(21)16(17)7-2-3-8-16/h4-5,10H,2-3,6-9,17H2,1H3,(H,18,21). The molecule has 0 saturated heterocycles. The SMILES string of the molecule is CN1CCc2ccc(NC(=O)C3(N)CCCC3)cc2C1=O. The predicted octanol–water partition coefficient (Wildman–Crippen LogP) is 1.52. The number of nitrogens with two attached hydrogens (primary N) is 1. The summed E-state index contributed by atoms with van der Waals surface area (Å²) < 4.78 is 0. The molecule has 0 spiro atoms. The Kier molecular flexibility index (Phi) is 3.45. The fourth-order valence-electron chi connectivity index (χ4n) is 3.16. The van der Waals surface area contributed by atoms with Crippen LogP contribution in [0.15, 0.2) is 18.2 Å². The Morgan fingerprint density at radius 1 is 1.33 bits per heavy atom. The van der Waals surface area contributed by atoms with Crippen molar-refractivity contribution in [3.05, 3.63) is 29.3 Å². The van der Waals surface area contributed by atoms with Crippen molar-refractivity contribution in [3.63, 3.8) is 0 Å². The van der Waals surface area contributed by atoms with Crippen LogP contribution in [0.1, 0.15) is 41.6 Å². The van der Waals surface area contributed by atoms with Gasteiger partial charge >= 0.3 is 0 Å². The number of carbonyl (C=O) groups is 2. The van der Waals surface area contributed by atoms with Crippen molar-refractivity contribution in [2.75, 3.05) is 18.9 Å². The number of fused-ring (bicyclic) bond motifs is 1. The van der Waals surface area contributed by atoms with E-state index in [2.05, 4.69) is 5.32 Å². The second kappa shape index (κ2) is 5.15. The van der Waals surface area contributed by atoms with E-state index in [9.17, 15) is 9.59 Å². The van der Waals surface area contributed by atoms with Crippen LogP contribution in [-0.4, -0.2) is 35.8 Å². The first kappa shape index (κ1) is 14.1. The van der Waals surface area contributed by atoms with E-state index in [0.717, 1.165) is 44.2 Å². The highest BCUT2D eigenvalue weighted by molar-refractivity contribution is 6.01. The summed E-state index contributed by atoms with van der Waals surface area (Å²) in [6.07, 6.45) is 4.30. The third kappa shape index (κ3) is 2.53. The third-order valence-corrected chi connectivity index (χ3v) is 4.61. The number of benzene rings is 1. The fourth-order valence-corrected chi connectivity index (χ4v) is 3.16. The van der Waals surface area contributed by atoms with Gasteiger partial charge in [-0.15, -0.1) is 0 Å². The average molecular weight is 287 g/mol. The van der Waals surface area contributed by atoms with Gasteiger partial charge in [-0.3, -0.25) is 9.59 Å². The monoisotopic (exact) mass is 287 g/mol. The van der Waals surface area contributed by atoms with E-state index in [1.54, 1.807) is 18.0 Å². The van der Waals surface area contributed by atoms with E-state index in [1.807, 2.05) is 12.1 Å². The quantitative estimate of drug-likeness (QED) is 0.866. The lowest BCUT2D eigenvalue weighted by atomic mass is 9.96. The van der Waals surface area contributed by atoms with Crippen molar-refractivity contribution in [2.45, 2.75) is 37.6 Å². The fraction of sp³-hybridized carbons (Fsp3) is 0.500. The first-order valence-electron chi connectivity index (χ1n) is 7.48. The molecule has 1 heterocycles. The first-order chi connectivity index (χ1) is 9.99. The highest BCUT2D eigenvalue weighted by Gasteiger charge is 2.37. The maximum absolute atomic E-state index is 12.3. The molecule has 5 nitrogen and oxygen atoms in total. The van der Waals surface area contributed by atoms with E-state index >= 15 is 0 Å². The number of likely N-dealkylation sites (N-methyl/N-ethyl adjacent to an activating group) is 1. The third-order valence-electron chi connectivity index (χ3n) is 4.61. The molecule has 3 rings (SSSR count). The van der Waals surface area contributed by atoms with E-state index in [0.29, 0.717) is 11.3 Å². The molecule has 1 fully saturated rings. The Labute approximate surface area is 124 Å². The van der Waals surface area contributed by atoms with Crippen LogP contribution in [0.2, 0.25) is 0 Å². The molecule has 1 aromatic carbocycles. The number of anilines is 1. The molecule has 2 aliphatic rings. The smallest absolute Gasteiger partial charge is 0.253 e. The Hall–Kier alpha value is -1.88. The molecule has 1 aliphatic carbocycles. The molecule has 0 aromatic heterocycles. The molecule has 3 N–H and O–H groups in total. The number of hydrogen-bond acceptors (Lipinski definition) is 3. The van der Waals surface area contributed by atoms with Crippen LogP contribution in [0.4, 0.5) is 5.69 Å². The Balaban J connectivity index is 1.81. The van der Waals surface area contributed by atoms with Crippen LogP contribution in [-0.2, 0) is 11.2 Å². The zero-order valence-corrected chi connectivity index (χ0v) is 12.3. The van der Waals surface area contributed by atoms with Gasteiger partial charge in [-0.1, -0.05) is 18.9 Å². The maximum Gasteiger partial charge on any atom is 0.253 e. The summed E-state index contributed by atoms with van der Waals surface area (Å²) in [7, 11) is 1.80. The van der Waals surface area contributed by atoms with E-state index in [4.69, 9.17) is 5.73 Å². The Morgan fingerprint density at radius 3 is 2.76 bits per heavy atom. The summed E-state index contributed by atoms with van der Waals surface area (Å²) in [5.41, 5.74) is 7.77. The number of nitrogens with one attached hydrogen (secondary N) is 1. The number of rotatable bonds is 2. The topological polar surface area (TPSA) is 75.4 Å². The maximum atomic E-state index is 12.3. The van der Waals surface area contributed by atoms with Crippen molar-refractivity contribution in [3.8, 4) is 0 Å². The van der Waals surface area contributed by atoms with Gasteiger partial charge in [0.05, 0.1) is 5.54 Å². The van der Waals surface area contributed by atoms with Gasteiger partial charge in [0.25, 0.3) is 5.91 Å². The van der Waals surface area contributed by atoms with Crippen LogP contribution in [0.5, 0.6) is 0 Å². The minimum Gasteiger partial charge on any atom is -0.341 e. The minimum absolute atomic E-state index is 0.00989. The first-order valence-corrected chi connectivity index (χ1v) is 7.48. The van der Waals surface area contributed by atoms with Crippen molar-refractivity contribution < 1.29 is 9.59 Å². The zero-order valence-electron chi connectivity index (χ0n) is 12.3.